The summed E-state index contributed by atoms with van der Waals surface area (Å²) in [6.07, 6.45) is 5.96. The Hall–Kier alpha value is -0.610. The first-order chi connectivity index (χ1) is 7.77. The Labute approximate surface area is 95.7 Å². The molecule has 2 aliphatic carbocycles. The zero-order valence-electron chi connectivity index (χ0n) is 9.54. The summed E-state index contributed by atoms with van der Waals surface area (Å²) < 4.78 is 11.3. The van der Waals surface area contributed by atoms with Crippen molar-refractivity contribution in [3.8, 4) is 0 Å². The second-order valence-corrected chi connectivity index (χ2v) is 5.16. The van der Waals surface area contributed by atoms with Gasteiger partial charge in [-0.05, 0) is 25.7 Å². The Balaban J connectivity index is 1.48. The predicted octanol–water partition coefficient (Wildman–Crippen LogP) is 1.20. The smallest absolute Gasteiger partial charge is 0.223 e. The van der Waals surface area contributed by atoms with E-state index >= 15 is 0 Å². The zero-order chi connectivity index (χ0) is 11.0. The number of rotatable bonds is 2. The lowest BCUT2D eigenvalue weighted by atomic mass is 9.90. The van der Waals surface area contributed by atoms with Crippen molar-refractivity contribution in [2.75, 3.05) is 13.2 Å². The molecule has 1 spiro atoms. The maximum Gasteiger partial charge on any atom is 0.223 e. The number of ether oxygens (including phenoxy) is 2. The van der Waals surface area contributed by atoms with E-state index < -0.39 is 0 Å². The minimum Gasteiger partial charge on any atom is -0.353 e. The van der Waals surface area contributed by atoms with Crippen LogP contribution in [0.2, 0.25) is 0 Å². The third kappa shape index (κ3) is 2.09. The van der Waals surface area contributed by atoms with Gasteiger partial charge < -0.3 is 14.8 Å². The molecule has 3 rings (SSSR count). The molecule has 1 N–H and O–H groups in total. The van der Waals surface area contributed by atoms with Gasteiger partial charge in [-0.2, -0.15) is 0 Å². The number of nitrogens with one attached hydrogen (secondary N) is 1. The Morgan fingerprint density at radius 1 is 1.06 bits per heavy atom. The lowest BCUT2D eigenvalue weighted by Crippen LogP contribution is -2.44. The monoisotopic (exact) mass is 225 g/mol. The molecule has 0 bridgehead atoms. The highest BCUT2D eigenvalue weighted by atomic mass is 16.7. The first kappa shape index (κ1) is 10.5. The maximum absolute atomic E-state index is 11.6. The van der Waals surface area contributed by atoms with Gasteiger partial charge in [0.05, 0.1) is 13.2 Å². The third-order valence-electron chi connectivity index (χ3n) is 3.86. The molecule has 1 amide bonds. The van der Waals surface area contributed by atoms with Crippen LogP contribution in [0.3, 0.4) is 0 Å². The second kappa shape index (κ2) is 4.00. The molecule has 0 aromatic rings. The summed E-state index contributed by atoms with van der Waals surface area (Å²) in [6, 6.07) is 0.339. The van der Waals surface area contributed by atoms with Crippen molar-refractivity contribution in [3.05, 3.63) is 0 Å². The van der Waals surface area contributed by atoms with Crippen LogP contribution in [0, 0.1) is 5.92 Å². The van der Waals surface area contributed by atoms with Gasteiger partial charge in [0.25, 0.3) is 0 Å². The Morgan fingerprint density at radius 2 is 1.69 bits per heavy atom. The van der Waals surface area contributed by atoms with E-state index in [1.807, 2.05) is 0 Å². The summed E-state index contributed by atoms with van der Waals surface area (Å²) in [4.78, 5) is 11.6. The molecule has 0 atom stereocenters. The molecular formula is C12H19NO3. The molecule has 90 valence electrons. The number of carbonyl (C=O) groups is 1. The minimum atomic E-state index is -0.305. The van der Waals surface area contributed by atoms with Crippen LogP contribution >= 0.6 is 0 Å². The Bertz CT molecular complexity index is 272. The third-order valence-corrected chi connectivity index (χ3v) is 3.86. The van der Waals surface area contributed by atoms with Crippen LogP contribution in [0.25, 0.3) is 0 Å². The Kier molecular flexibility index (Phi) is 2.64. The van der Waals surface area contributed by atoms with Gasteiger partial charge >= 0.3 is 0 Å². The summed E-state index contributed by atoms with van der Waals surface area (Å²) in [5.74, 6) is 0.268. The van der Waals surface area contributed by atoms with Crippen LogP contribution in [0.4, 0.5) is 0 Å². The lowest BCUT2D eigenvalue weighted by Gasteiger charge is -2.35. The highest BCUT2D eigenvalue weighted by molar-refractivity contribution is 5.81. The molecule has 1 saturated heterocycles. The van der Waals surface area contributed by atoms with Gasteiger partial charge in [-0.1, -0.05) is 0 Å². The molecule has 3 fully saturated rings. The summed E-state index contributed by atoms with van der Waals surface area (Å²) >= 11 is 0. The zero-order valence-corrected chi connectivity index (χ0v) is 9.54. The average molecular weight is 225 g/mol. The van der Waals surface area contributed by atoms with Crippen molar-refractivity contribution in [2.24, 2.45) is 5.92 Å². The standard InChI is InChI=1S/C12H19NO3/c14-11(9-1-2-9)13-10-3-5-12(6-4-10)15-7-8-16-12/h9-10H,1-8H2,(H,13,14). The fourth-order valence-electron chi connectivity index (χ4n) is 2.65. The van der Waals surface area contributed by atoms with Crippen molar-refractivity contribution in [2.45, 2.75) is 50.4 Å². The van der Waals surface area contributed by atoms with Crippen molar-refractivity contribution >= 4 is 5.91 Å². The summed E-state index contributed by atoms with van der Waals surface area (Å²) in [6.45, 7) is 1.44. The number of carbonyl (C=O) groups excluding carboxylic acids is 1. The van der Waals surface area contributed by atoms with E-state index in [4.69, 9.17) is 9.47 Å². The van der Waals surface area contributed by atoms with Crippen molar-refractivity contribution in [1.29, 1.82) is 0 Å². The van der Waals surface area contributed by atoms with Crippen LogP contribution in [0.1, 0.15) is 38.5 Å². The van der Waals surface area contributed by atoms with E-state index in [0.29, 0.717) is 12.0 Å². The minimum absolute atomic E-state index is 0.259. The molecule has 4 nitrogen and oxygen atoms in total. The average Bonchev–Trinajstić information content (AvgIpc) is 3.05. The molecule has 0 radical (unpaired) electrons. The van der Waals surface area contributed by atoms with Gasteiger partial charge in [0, 0.05) is 24.8 Å². The van der Waals surface area contributed by atoms with Gasteiger partial charge in [-0.3, -0.25) is 4.79 Å². The van der Waals surface area contributed by atoms with Gasteiger partial charge in [0.15, 0.2) is 5.79 Å². The molecule has 3 aliphatic rings. The van der Waals surface area contributed by atoms with Crippen LogP contribution < -0.4 is 5.32 Å². The molecule has 0 aromatic carbocycles. The number of hydrogen-bond donors (Lipinski definition) is 1. The topological polar surface area (TPSA) is 47.6 Å². The second-order valence-electron chi connectivity index (χ2n) is 5.16. The first-order valence-corrected chi connectivity index (χ1v) is 6.36. The molecule has 2 saturated carbocycles. The van der Waals surface area contributed by atoms with Crippen LogP contribution in [0.5, 0.6) is 0 Å². The number of amides is 1. The van der Waals surface area contributed by atoms with Crippen LogP contribution in [0.15, 0.2) is 0 Å². The number of hydrogen-bond acceptors (Lipinski definition) is 3. The fourth-order valence-corrected chi connectivity index (χ4v) is 2.65. The van der Waals surface area contributed by atoms with E-state index in [-0.39, 0.29) is 11.7 Å². The van der Waals surface area contributed by atoms with E-state index in [9.17, 15) is 4.79 Å². The summed E-state index contributed by atoms with van der Waals surface area (Å²) in [7, 11) is 0. The highest BCUT2D eigenvalue weighted by Gasteiger charge is 2.41. The normalized spacial score (nSPS) is 29.5. The van der Waals surface area contributed by atoms with E-state index in [2.05, 4.69) is 5.32 Å². The van der Waals surface area contributed by atoms with Crippen molar-refractivity contribution < 1.29 is 14.3 Å². The lowest BCUT2D eigenvalue weighted by molar-refractivity contribution is -0.180. The quantitative estimate of drug-likeness (QED) is 0.768. The summed E-state index contributed by atoms with van der Waals surface area (Å²) in [5.41, 5.74) is 0. The van der Waals surface area contributed by atoms with Crippen LogP contribution in [-0.4, -0.2) is 30.9 Å². The van der Waals surface area contributed by atoms with Crippen LogP contribution in [-0.2, 0) is 14.3 Å². The van der Waals surface area contributed by atoms with Gasteiger partial charge in [0.2, 0.25) is 5.91 Å². The molecule has 16 heavy (non-hydrogen) atoms. The van der Waals surface area contributed by atoms with E-state index in [1.165, 1.54) is 0 Å². The van der Waals surface area contributed by atoms with Gasteiger partial charge in [-0.15, -0.1) is 0 Å². The largest absolute Gasteiger partial charge is 0.353 e. The molecule has 0 unspecified atom stereocenters. The first-order valence-electron chi connectivity index (χ1n) is 6.36. The molecule has 0 aromatic heterocycles. The van der Waals surface area contributed by atoms with Crippen molar-refractivity contribution in [3.63, 3.8) is 0 Å². The fraction of sp³-hybridized carbons (Fsp3) is 0.917. The van der Waals surface area contributed by atoms with Gasteiger partial charge in [0.1, 0.15) is 0 Å². The SMILES string of the molecule is O=C(NC1CCC2(CC1)OCCO2)C1CC1. The molecule has 4 heteroatoms. The Morgan fingerprint density at radius 3 is 2.25 bits per heavy atom. The molecule has 1 aliphatic heterocycles. The maximum atomic E-state index is 11.6. The summed E-state index contributed by atoms with van der Waals surface area (Å²) in [5, 5.41) is 3.14. The molecule has 1 heterocycles. The van der Waals surface area contributed by atoms with Crippen molar-refractivity contribution in [1.82, 2.24) is 5.32 Å². The van der Waals surface area contributed by atoms with Gasteiger partial charge in [-0.25, -0.2) is 0 Å². The van der Waals surface area contributed by atoms with E-state index in [0.717, 1.165) is 51.7 Å². The van der Waals surface area contributed by atoms with E-state index in [1.54, 1.807) is 0 Å². The predicted molar refractivity (Wildman–Crippen MR) is 57.8 cm³/mol. The highest BCUT2D eigenvalue weighted by Crippen LogP contribution is 2.36. The molecular weight excluding hydrogens is 206 g/mol.